The maximum atomic E-state index is 10.4. The van der Waals surface area contributed by atoms with Crippen LogP contribution in [0.25, 0.3) is 0 Å². The molecule has 0 aromatic heterocycles. The van der Waals surface area contributed by atoms with Crippen LogP contribution >= 0.6 is 12.6 Å². The number of carboxylic acids is 1. The topological polar surface area (TPSA) is 40.1 Å². The Hall–Kier alpha value is 0.619. The minimum atomic E-state index is -1.04. The first kappa shape index (κ1) is 23.9. The Morgan fingerprint density at radius 2 is 1.24 bits per heavy atom. The van der Waals surface area contributed by atoms with E-state index in [4.69, 9.17) is 0 Å². The van der Waals surface area contributed by atoms with Crippen LogP contribution in [0.2, 0.25) is 14.8 Å². The molecule has 2 nitrogen and oxygen atoms in total. The van der Waals surface area contributed by atoms with Gasteiger partial charge in [0.2, 0.25) is 0 Å². The molecule has 0 saturated carbocycles. The molecule has 4 heteroatoms. The summed E-state index contributed by atoms with van der Waals surface area (Å²) in [5.74, 6) is -1.04. The Balaban J connectivity index is 0. The molecule has 126 valence electrons. The Labute approximate surface area is 145 Å². The number of hydrogen-bond donors (Lipinski definition) is 1. The summed E-state index contributed by atoms with van der Waals surface area (Å²) >= 11 is 3.41. The third kappa shape index (κ3) is 25.9. The van der Waals surface area contributed by atoms with Gasteiger partial charge in [0.15, 0.2) is 0 Å². The first-order chi connectivity index (χ1) is 9.91. The average Bonchev–Trinajstić information content (AvgIpc) is 2.40. The second-order valence-corrected chi connectivity index (χ2v) is 15.5. The molecule has 0 heterocycles. The van der Waals surface area contributed by atoms with Crippen LogP contribution in [0.5, 0.6) is 0 Å². The zero-order valence-electron chi connectivity index (χ0n) is 14.6. The normalized spacial score (nSPS) is 11.5. The number of carbonyl (C=O) groups excluding carboxylic acids is 1. The van der Waals surface area contributed by atoms with E-state index in [0.717, 1.165) is 12.8 Å². The molecule has 1 atom stereocenters. The summed E-state index contributed by atoms with van der Waals surface area (Å²) in [4.78, 5) is 17.5. The van der Waals surface area contributed by atoms with Crippen LogP contribution in [-0.2, 0) is 4.79 Å². The fraction of sp³-hybridized carbons (Fsp3) is 0.941. The summed E-state index contributed by atoms with van der Waals surface area (Å²) in [6, 6.07) is 0. The molecule has 0 fully saturated rings. The third-order valence-electron chi connectivity index (χ3n) is 3.10. The number of aliphatic carboxylic acids is 1. The van der Waals surface area contributed by atoms with E-state index in [-0.39, 0.29) is 0 Å². The zero-order valence-corrected chi connectivity index (χ0v) is 18.4. The van der Waals surface area contributed by atoms with Crippen LogP contribution in [0.15, 0.2) is 0 Å². The molecule has 0 amide bonds. The van der Waals surface area contributed by atoms with Gasteiger partial charge in [0.05, 0.1) is 5.97 Å². The van der Waals surface area contributed by atoms with Crippen LogP contribution in [0.4, 0.5) is 0 Å². The molecule has 0 rings (SSSR count). The summed E-state index contributed by atoms with van der Waals surface area (Å²) < 4.78 is 0. The van der Waals surface area contributed by atoms with E-state index in [1.165, 1.54) is 51.4 Å². The number of carboxylic acid groups (broad SMARTS) is 1. The first-order valence-electron chi connectivity index (χ1n) is 8.57. The first-order valence-corrected chi connectivity index (χ1v) is 17.6. The van der Waals surface area contributed by atoms with Gasteiger partial charge in [-0.2, -0.15) is 12.6 Å². The van der Waals surface area contributed by atoms with Crippen LogP contribution in [-0.4, -0.2) is 31.0 Å². The van der Waals surface area contributed by atoms with Crippen LogP contribution in [0.1, 0.15) is 77.6 Å². The number of thiol groups is 1. The van der Waals surface area contributed by atoms with Gasteiger partial charge in [-0.25, -0.2) is 0 Å². The SMILES string of the molecule is CCCCCCCCCCCCC(S)C(=O)[O-].[CH3][Sn+]([CH3])[CH3]. The molecule has 1 unspecified atom stereocenters. The molecule has 21 heavy (non-hydrogen) atoms. The molecular weight excluding hydrogens is 387 g/mol. The Kier molecular flexibility index (Phi) is 21.2. The molecule has 0 bridgehead atoms. The molecule has 0 spiro atoms. The minimum absolute atomic E-state index is 0.543. The monoisotopic (exact) mass is 424 g/mol. The van der Waals surface area contributed by atoms with Crippen molar-refractivity contribution in [3.63, 3.8) is 0 Å². The van der Waals surface area contributed by atoms with Crippen molar-refractivity contribution in [2.24, 2.45) is 0 Å². The molecular formula is C17H36O2SSn. The second kappa shape index (κ2) is 18.7. The van der Waals surface area contributed by atoms with Crippen molar-refractivity contribution in [2.45, 2.75) is 97.6 Å². The number of rotatable bonds is 12. The maximum absolute atomic E-state index is 10.4. The zero-order chi connectivity index (χ0) is 16.5. The van der Waals surface area contributed by atoms with Crippen molar-refractivity contribution >= 4 is 38.4 Å². The van der Waals surface area contributed by atoms with E-state index in [1.54, 1.807) is 0 Å². The number of unbranched alkanes of at least 4 members (excludes halogenated alkanes) is 9. The predicted octanol–water partition coefficient (Wildman–Crippen LogP) is 4.72. The Morgan fingerprint density at radius 1 is 0.905 bits per heavy atom. The van der Waals surface area contributed by atoms with Crippen molar-refractivity contribution in [3.8, 4) is 0 Å². The van der Waals surface area contributed by atoms with Gasteiger partial charge in [0.1, 0.15) is 0 Å². The molecule has 0 radical (unpaired) electrons. The fourth-order valence-corrected chi connectivity index (χ4v) is 2.13. The van der Waals surface area contributed by atoms with Crippen LogP contribution in [0, 0.1) is 0 Å². The van der Waals surface area contributed by atoms with E-state index >= 15 is 0 Å². The number of carbonyl (C=O) groups is 1. The van der Waals surface area contributed by atoms with E-state index in [1.807, 2.05) is 0 Å². The molecule has 0 aliphatic heterocycles. The molecule has 0 aliphatic rings. The summed E-state index contributed by atoms with van der Waals surface area (Å²) in [6.07, 6.45) is 13.3. The second-order valence-electron chi connectivity index (χ2n) is 6.31. The molecule has 0 saturated heterocycles. The summed E-state index contributed by atoms with van der Waals surface area (Å²) in [6.45, 7) is 2.24. The van der Waals surface area contributed by atoms with Crippen molar-refractivity contribution in [1.82, 2.24) is 0 Å². The van der Waals surface area contributed by atoms with Crippen molar-refractivity contribution < 1.29 is 9.90 Å². The molecule has 0 aliphatic carbocycles. The Morgan fingerprint density at radius 3 is 1.57 bits per heavy atom. The van der Waals surface area contributed by atoms with Gasteiger partial charge >= 0.3 is 34.6 Å². The molecule has 0 aromatic rings. The molecule has 0 aromatic carbocycles. The summed E-state index contributed by atoms with van der Waals surface area (Å²) in [5, 5.41) is 9.82. The van der Waals surface area contributed by atoms with Crippen molar-refractivity contribution in [1.29, 1.82) is 0 Å². The standard InChI is InChI=1S/C14H28O2S.3CH3.Sn/c1-2-3-4-5-6-7-8-9-10-11-12-13(17)14(15)16;;;;/h13,17H,2-12H2,1H3,(H,15,16);3*1H3;/q;;;;+1/p-1. The van der Waals surface area contributed by atoms with Gasteiger partial charge in [-0.15, -0.1) is 0 Å². The van der Waals surface area contributed by atoms with E-state index in [0.29, 0.717) is 6.42 Å². The quantitative estimate of drug-likeness (QED) is 0.281. The van der Waals surface area contributed by atoms with E-state index in [9.17, 15) is 9.90 Å². The predicted molar refractivity (Wildman–Crippen MR) is 97.6 cm³/mol. The van der Waals surface area contributed by atoms with Gasteiger partial charge in [0.25, 0.3) is 0 Å². The number of hydrogen-bond acceptors (Lipinski definition) is 3. The fourth-order valence-electron chi connectivity index (χ4n) is 1.94. The van der Waals surface area contributed by atoms with Gasteiger partial charge in [0, 0.05) is 5.25 Å². The van der Waals surface area contributed by atoms with E-state index in [2.05, 4.69) is 34.4 Å². The average molecular weight is 423 g/mol. The summed E-state index contributed by atoms with van der Waals surface area (Å²) in [7, 11) is 0. The summed E-state index contributed by atoms with van der Waals surface area (Å²) in [5.41, 5.74) is 0. The Bertz CT molecular complexity index is 220. The third-order valence-corrected chi connectivity index (χ3v) is 3.57. The van der Waals surface area contributed by atoms with Gasteiger partial charge in [-0.3, -0.25) is 0 Å². The molecule has 0 N–H and O–H groups in total. The van der Waals surface area contributed by atoms with Crippen LogP contribution in [0.3, 0.4) is 0 Å². The van der Waals surface area contributed by atoms with Crippen molar-refractivity contribution in [3.05, 3.63) is 0 Å². The van der Waals surface area contributed by atoms with Crippen molar-refractivity contribution in [2.75, 3.05) is 0 Å². The van der Waals surface area contributed by atoms with Gasteiger partial charge in [-0.05, 0) is 6.42 Å². The van der Waals surface area contributed by atoms with Gasteiger partial charge in [-0.1, -0.05) is 71.1 Å². The van der Waals surface area contributed by atoms with E-state index < -0.39 is 31.0 Å². The van der Waals surface area contributed by atoms with Crippen LogP contribution < -0.4 is 5.11 Å². The van der Waals surface area contributed by atoms with Gasteiger partial charge < -0.3 is 9.90 Å².